The zero-order valence-electron chi connectivity index (χ0n) is 17.0. The molecule has 5 nitrogen and oxygen atoms in total. The molecule has 0 aliphatic rings. The molecule has 0 bridgehead atoms. The number of amides is 3. The van der Waals surface area contributed by atoms with Crippen LogP contribution in [0.4, 0.5) is 20.6 Å². The van der Waals surface area contributed by atoms with Crippen molar-refractivity contribution >= 4 is 34.9 Å². The van der Waals surface area contributed by atoms with Gasteiger partial charge in [-0.15, -0.1) is 11.6 Å². The summed E-state index contributed by atoms with van der Waals surface area (Å²) < 4.78 is 13.4. The maximum atomic E-state index is 13.4. The SMILES string of the molecule is Cc1ccc(NC(=O)N(CCNC(=O)C(Cl)c2ccccc2)c2ccc(F)cc2)cc1. The van der Waals surface area contributed by atoms with Crippen LogP contribution in [0.2, 0.25) is 0 Å². The van der Waals surface area contributed by atoms with Crippen molar-refractivity contribution in [3.8, 4) is 0 Å². The lowest BCUT2D eigenvalue weighted by molar-refractivity contribution is -0.120. The Balaban J connectivity index is 1.66. The van der Waals surface area contributed by atoms with Gasteiger partial charge in [0.2, 0.25) is 5.91 Å². The van der Waals surface area contributed by atoms with E-state index >= 15 is 0 Å². The second kappa shape index (κ2) is 10.6. The number of halogens is 2. The first kappa shape index (κ1) is 22.3. The van der Waals surface area contributed by atoms with Crippen LogP contribution in [0.5, 0.6) is 0 Å². The van der Waals surface area contributed by atoms with Crippen molar-refractivity contribution in [2.24, 2.45) is 0 Å². The van der Waals surface area contributed by atoms with Gasteiger partial charge in [0.15, 0.2) is 0 Å². The smallest absolute Gasteiger partial charge is 0.326 e. The highest BCUT2D eigenvalue weighted by Crippen LogP contribution is 2.20. The number of rotatable bonds is 7. The average molecular weight is 440 g/mol. The third-order valence-corrected chi connectivity index (χ3v) is 5.09. The van der Waals surface area contributed by atoms with E-state index in [0.29, 0.717) is 16.9 Å². The van der Waals surface area contributed by atoms with Crippen molar-refractivity contribution in [2.45, 2.75) is 12.3 Å². The van der Waals surface area contributed by atoms with Gasteiger partial charge >= 0.3 is 6.03 Å². The van der Waals surface area contributed by atoms with Crippen LogP contribution >= 0.6 is 11.6 Å². The Hall–Kier alpha value is -3.38. The Morgan fingerprint density at radius 3 is 2.26 bits per heavy atom. The van der Waals surface area contributed by atoms with Gasteiger partial charge in [-0.3, -0.25) is 9.69 Å². The van der Waals surface area contributed by atoms with Crippen LogP contribution in [0.15, 0.2) is 78.9 Å². The number of hydrogen-bond donors (Lipinski definition) is 2. The molecule has 7 heteroatoms. The molecule has 3 aromatic rings. The van der Waals surface area contributed by atoms with Crippen molar-refractivity contribution in [3.05, 3.63) is 95.8 Å². The molecule has 1 unspecified atom stereocenters. The van der Waals surface area contributed by atoms with Gasteiger partial charge in [0.1, 0.15) is 11.2 Å². The number of nitrogens with zero attached hydrogens (tertiary/aromatic N) is 1. The molecule has 0 saturated carbocycles. The standard InChI is InChI=1S/C24H23ClFN3O2/c1-17-7-11-20(12-8-17)28-24(31)29(21-13-9-19(26)10-14-21)16-15-27-23(30)22(25)18-5-3-2-4-6-18/h2-14,22H,15-16H2,1H3,(H,27,30)(H,28,31). The molecule has 0 aliphatic heterocycles. The van der Waals surface area contributed by atoms with E-state index < -0.39 is 17.2 Å². The third kappa shape index (κ3) is 6.30. The first-order valence-electron chi connectivity index (χ1n) is 9.81. The summed E-state index contributed by atoms with van der Waals surface area (Å²) in [7, 11) is 0. The molecule has 0 fully saturated rings. The summed E-state index contributed by atoms with van der Waals surface area (Å²) in [6.07, 6.45) is 0. The van der Waals surface area contributed by atoms with Crippen LogP contribution in [0.25, 0.3) is 0 Å². The van der Waals surface area contributed by atoms with E-state index in [4.69, 9.17) is 11.6 Å². The molecule has 1 atom stereocenters. The highest BCUT2D eigenvalue weighted by Gasteiger charge is 2.19. The molecular formula is C24H23ClFN3O2. The topological polar surface area (TPSA) is 61.4 Å². The van der Waals surface area contributed by atoms with Crippen LogP contribution < -0.4 is 15.5 Å². The average Bonchev–Trinajstić information content (AvgIpc) is 2.79. The molecule has 0 aromatic heterocycles. The zero-order valence-corrected chi connectivity index (χ0v) is 17.8. The minimum Gasteiger partial charge on any atom is -0.353 e. The molecule has 3 rings (SSSR count). The fraction of sp³-hybridized carbons (Fsp3) is 0.167. The lowest BCUT2D eigenvalue weighted by atomic mass is 10.1. The van der Waals surface area contributed by atoms with Gasteiger partial charge in [-0.2, -0.15) is 0 Å². The van der Waals surface area contributed by atoms with Gasteiger partial charge in [0.25, 0.3) is 0 Å². The highest BCUT2D eigenvalue weighted by molar-refractivity contribution is 6.30. The summed E-state index contributed by atoms with van der Waals surface area (Å²) in [6, 6.07) is 21.6. The molecule has 0 spiro atoms. The van der Waals surface area contributed by atoms with E-state index in [2.05, 4.69) is 10.6 Å². The van der Waals surface area contributed by atoms with Crippen LogP contribution in [-0.4, -0.2) is 25.0 Å². The van der Waals surface area contributed by atoms with Gasteiger partial charge in [-0.1, -0.05) is 48.0 Å². The van der Waals surface area contributed by atoms with Gasteiger partial charge in [-0.05, 0) is 48.9 Å². The molecule has 0 saturated heterocycles. The van der Waals surface area contributed by atoms with Gasteiger partial charge < -0.3 is 10.6 Å². The van der Waals surface area contributed by atoms with E-state index in [-0.39, 0.29) is 19.0 Å². The monoisotopic (exact) mass is 439 g/mol. The number of benzene rings is 3. The zero-order chi connectivity index (χ0) is 22.2. The molecule has 3 aromatic carbocycles. The second-order valence-corrected chi connectivity index (χ2v) is 7.42. The number of nitrogens with one attached hydrogen (secondary N) is 2. The normalized spacial score (nSPS) is 11.5. The van der Waals surface area contributed by atoms with E-state index in [0.717, 1.165) is 5.56 Å². The summed E-state index contributed by atoms with van der Waals surface area (Å²) in [5.41, 5.74) is 2.90. The lowest BCUT2D eigenvalue weighted by Crippen LogP contribution is -2.41. The number of urea groups is 1. The summed E-state index contributed by atoms with van der Waals surface area (Å²) >= 11 is 6.24. The number of hydrogen-bond acceptors (Lipinski definition) is 2. The fourth-order valence-corrected chi connectivity index (χ4v) is 3.17. The summed E-state index contributed by atoms with van der Waals surface area (Å²) in [5, 5.41) is 4.74. The summed E-state index contributed by atoms with van der Waals surface area (Å²) in [5.74, 6) is -0.755. The minimum atomic E-state index is -0.832. The Labute approximate surface area is 185 Å². The Bertz CT molecular complexity index is 1010. The van der Waals surface area contributed by atoms with Gasteiger partial charge in [0.05, 0.1) is 0 Å². The summed E-state index contributed by atoms with van der Waals surface area (Å²) in [6.45, 7) is 2.31. The van der Waals surface area contributed by atoms with Crippen molar-refractivity contribution in [2.75, 3.05) is 23.3 Å². The van der Waals surface area contributed by atoms with Gasteiger partial charge in [0, 0.05) is 24.5 Å². The van der Waals surface area contributed by atoms with E-state index in [9.17, 15) is 14.0 Å². The van der Waals surface area contributed by atoms with E-state index in [1.807, 2.05) is 37.3 Å². The Morgan fingerprint density at radius 2 is 1.61 bits per heavy atom. The quantitative estimate of drug-likeness (QED) is 0.493. The van der Waals surface area contributed by atoms with Gasteiger partial charge in [-0.25, -0.2) is 9.18 Å². The highest BCUT2D eigenvalue weighted by atomic mass is 35.5. The molecule has 0 heterocycles. The molecule has 31 heavy (non-hydrogen) atoms. The van der Waals surface area contributed by atoms with Crippen LogP contribution in [0, 0.1) is 12.7 Å². The maximum Gasteiger partial charge on any atom is 0.326 e. The summed E-state index contributed by atoms with van der Waals surface area (Å²) in [4.78, 5) is 26.7. The Morgan fingerprint density at radius 1 is 0.968 bits per heavy atom. The third-order valence-electron chi connectivity index (χ3n) is 4.64. The van der Waals surface area contributed by atoms with Crippen LogP contribution in [0.1, 0.15) is 16.5 Å². The van der Waals surface area contributed by atoms with Crippen molar-refractivity contribution in [1.82, 2.24) is 5.32 Å². The predicted octanol–water partition coefficient (Wildman–Crippen LogP) is 5.27. The fourth-order valence-electron chi connectivity index (χ4n) is 2.95. The molecule has 0 aliphatic carbocycles. The minimum absolute atomic E-state index is 0.174. The van der Waals surface area contributed by atoms with Crippen molar-refractivity contribution < 1.29 is 14.0 Å². The van der Waals surface area contributed by atoms with Crippen LogP contribution in [-0.2, 0) is 4.79 Å². The molecular weight excluding hydrogens is 417 g/mol. The van der Waals surface area contributed by atoms with E-state index in [1.54, 1.807) is 24.3 Å². The molecule has 0 radical (unpaired) electrons. The number of aryl methyl sites for hydroxylation is 1. The number of carbonyl (C=O) groups is 2. The van der Waals surface area contributed by atoms with E-state index in [1.165, 1.54) is 29.2 Å². The van der Waals surface area contributed by atoms with Crippen molar-refractivity contribution in [3.63, 3.8) is 0 Å². The largest absolute Gasteiger partial charge is 0.353 e. The number of alkyl halides is 1. The first-order valence-corrected chi connectivity index (χ1v) is 10.2. The second-order valence-electron chi connectivity index (χ2n) is 6.99. The molecule has 2 N–H and O–H groups in total. The predicted molar refractivity (Wildman–Crippen MR) is 122 cm³/mol. The number of carbonyl (C=O) groups excluding carboxylic acids is 2. The van der Waals surface area contributed by atoms with Crippen LogP contribution in [0.3, 0.4) is 0 Å². The Kier molecular flexibility index (Phi) is 7.62. The first-order chi connectivity index (χ1) is 14.9. The molecule has 3 amide bonds. The lowest BCUT2D eigenvalue weighted by Gasteiger charge is -2.24. The van der Waals surface area contributed by atoms with Crippen molar-refractivity contribution in [1.29, 1.82) is 0 Å². The number of anilines is 2. The molecule has 160 valence electrons. The maximum absolute atomic E-state index is 13.4.